The molecule has 0 unspecified atom stereocenters. The van der Waals surface area contributed by atoms with Crippen molar-refractivity contribution in [2.75, 3.05) is 25.0 Å². The fourth-order valence-corrected chi connectivity index (χ4v) is 4.54. The minimum absolute atomic E-state index is 0.255. The second-order valence-electron chi connectivity index (χ2n) is 7.93. The molecule has 4 rings (SSSR count). The van der Waals surface area contributed by atoms with Crippen LogP contribution in [0.25, 0.3) is 0 Å². The van der Waals surface area contributed by atoms with Gasteiger partial charge in [0.1, 0.15) is 5.84 Å². The predicted octanol–water partition coefficient (Wildman–Crippen LogP) is 5.55. The first-order valence-corrected chi connectivity index (χ1v) is 10.1. The van der Waals surface area contributed by atoms with Gasteiger partial charge in [-0.1, -0.05) is 41.9 Å². The Morgan fingerprint density at radius 3 is 2.55 bits per heavy atom. The van der Waals surface area contributed by atoms with E-state index >= 15 is 0 Å². The molecule has 2 aliphatic heterocycles. The first-order valence-electron chi connectivity index (χ1n) is 9.76. The van der Waals surface area contributed by atoms with Crippen molar-refractivity contribution >= 4 is 23.1 Å². The zero-order valence-corrected chi connectivity index (χ0v) is 16.7. The van der Waals surface area contributed by atoms with Crippen LogP contribution in [-0.2, 0) is 13.0 Å². The van der Waals surface area contributed by atoms with E-state index in [1.807, 2.05) is 42.5 Å². The van der Waals surface area contributed by atoms with Gasteiger partial charge in [0, 0.05) is 16.1 Å². The Morgan fingerprint density at radius 1 is 1.07 bits per heavy atom. The minimum Gasteiger partial charge on any atom is -0.343 e. The fourth-order valence-electron chi connectivity index (χ4n) is 4.32. The minimum atomic E-state index is -4.16. The van der Waals surface area contributed by atoms with Crippen LogP contribution < -0.4 is 5.32 Å². The molecule has 3 nitrogen and oxygen atoms in total. The second kappa shape index (κ2) is 8.00. The quantitative estimate of drug-likeness (QED) is 0.703. The molecule has 2 heterocycles. The molecular weight excluding hydrogens is 399 g/mol. The Hall–Kier alpha value is -2.05. The molecule has 0 aromatic heterocycles. The zero-order valence-electron chi connectivity index (χ0n) is 16.0. The molecule has 1 saturated heterocycles. The molecule has 2 aromatic rings. The molecule has 1 spiro atoms. The number of benzene rings is 2. The summed E-state index contributed by atoms with van der Waals surface area (Å²) in [5.41, 5.74) is 2.98. The average Bonchev–Trinajstić information content (AvgIpc) is 2.67. The third-order valence-electron chi connectivity index (χ3n) is 5.83. The number of anilines is 1. The average molecular weight is 422 g/mol. The van der Waals surface area contributed by atoms with Gasteiger partial charge in [-0.25, -0.2) is 0 Å². The van der Waals surface area contributed by atoms with Crippen LogP contribution in [0.5, 0.6) is 0 Å². The first-order chi connectivity index (χ1) is 13.8. The normalized spacial score (nSPS) is 20.5. The summed E-state index contributed by atoms with van der Waals surface area (Å²) in [5, 5.41) is 4.15. The molecule has 0 saturated carbocycles. The summed E-state index contributed by atoms with van der Waals surface area (Å²) in [7, 11) is 0. The molecule has 0 bridgehead atoms. The van der Waals surface area contributed by atoms with Crippen LogP contribution in [0.15, 0.2) is 53.5 Å². The van der Waals surface area contributed by atoms with Gasteiger partial charge in [0.15, 0.2) is 0 Å². The van der Waals surface area contributed by atoms with E-state index in [1.165, 1.54) is 10.5 Å². The summed E-state index contributed by atoms with van der Waals surface area (Å²) in [4.78, 5) is 6.38. The van der Waals surface area contributed by atoms with Gasteiger partial charge in [0.2, 0.25) is 0 Å². The molecule has 7 heteroatoms. The topological polar surface area (TPSA) is 27.6 Å². The lowest BCUT2D eigenvalue weighted by Gasteiger charge is -2.45. The Bertz CT molecular complexity index is 902. The molecular formula is C22H23ClF3N3. The van der Waals surface area contributed by atoms with E-state index in [-0.39, 0.29) is 5.41 Å². The fraction of sp³-hybridized carbons (Fsp3) is 0.409. The van der Waals surface area contributed by atoms with Crippen LogP contribution in [0.1, 0.15) is 24.0 Å². The van der Waals surface area contributed by atoms with Gasteiger partial charge in [0.25, 0.3) is 0 Å². The van der Waals surface area contributed by atoms with E-state index in [4.69, 9.17) is 16.6 Å². The van der Waals surface area contributed by atoms with Crippen LogP contribution in [0.4, 0.5) is 18.9 Å². The second-order valence-corrected chi connectivity index (χ2v) is 8.36. The Labute approximate surface area is 173 Å². The van der Waals surface area contributed by atoms with Crippen molar-refractivity contribution in [2.45, 2.75) is 32.0 Å². The number of fused-ring (bicyclic) bond motifs is 1. The molecule has 0 radical (unpaired) electrons. The van der Waals surface area contributed by atoms with Gasteiger partial charge in [-0.05, 0) is 61.7 Å². The largest absolute Gasteiger partial charge is 0.401 e. The standard InChI is InChI=1S/C22H23ClF3N3/c23-18-6-3-4-16(12-18)14-27-20-21(13-17-5-1-2-7-19(17)28-20)8-10-29(11-9-21)15-22(24,25)26/h1-7,12H,8-11,13-15H2,(H,27,28). The summed E-state index contributed by atoms with van der Waals surface area (Å²) in [5.74, 6) is 0.878. The predicted molar refractivity (Wildman–Crippen MR) is 111 cm³/mol. The number of piperidine rings is 1. The SMILES string of the molecule is FC(F)(F)CN1CCC2(CC1)Cc1ccccc1NC2=NCc1cccc(Cl)c1. The number of aliphatic imine (C=N–C) groups is 1. The number of rotatable bonds is 3. The number of nitrogens with zero attached hydrogens (tertiary/aromatic N) is 2. The maximum absolute atomic E-state index is 12.8. The smallest absolute Gasteiger partial charge is 0.343 e. The maximum Gasteiger partial charge on any atom is 0.401 e. The molecule has 1 fully saturated rings. The number of halogens is 4. The highest BCUT2D eigenvalue weighted by Gasteiger charge is 2.44. The summed E-state index contributed by atoms with van der Waals surface area (Å²) in [6, 6.07) is 15.7. The molecule has 2 aliphatic rings. The summed E-state index contributed by atoms with van der Waals surface area (Å²) < 4.78 is 38.4. The van der Waals surface area contributed by atoms with Crippen molar-refractivity contribution < 1.29 is 13.2 Å². The molecule has 154 valence electrons. The highest BCUT2D eigenvalue weighted by molar-refractivity contribution is 6.30. The van der Waals surface area contributed by atoms with E-state index in [0.717, 1.165) is 23.5 Å². The lowest BCUT2D eigenvalue weighted by molar-refractivity contribution is -0.149. The van der Waals surface area contributed by atoms with Gasteiger partial charge < -0.3 is 5.32 Å². The zero-order chi connectivity index (χ0) is 20.5. The van der Waals surface area contributed by atoms with Crippen LogP contribution in [0, 0.1) is 5.41 Å². The van der Waals surface area contributed by atoms with Gasteiger partial charge in [-0.15, -0.1) is 0 Å². The van der Waals surface area contributed by atoms with Gasteiger partial charge >= 0.3 is 6.18 Å². The number of likely N-dealkylation sites (tertiary alicyclic amines) is 1. The number of hydrogen-bond donors (Lipinski definition) is 1. The molecule has 2 aromatic carbocycles. The van der Waals surface area contributed by atoms with Crippen molar-refractivity contribution in [3.05, 3.63) is 64.7 Å². The number of para-hydroxylation sites is 1. The highest BCUT2D eigenvalue weighted by atomic mass is 35.5. The summed E-state index contributed by atoms with van der Waals surface area (Å²) in [6.07, 6.45) is -2.06. The molecule has 0 amide bonds. The third kappa shape index (κ3) is 4.75. The monoisotopic (exact) mass is 421 g/mol. The lowest BCUT2D eigenvalue weighted by Crippen LogP contribution is -2.51. The van der Waals surface area contributed by atoms with Crippen LogP contribution >= 0.6 is 11.6 Å². The summed E-state index contributed by atoms with van der Waals surface area (Å²) >= 11 is 6.08. The summed E-state index contributed by atoms with van der Waals surface area (Å²) in [6.45, 7) is 0.472. The highest BCUT2D eigenvalue weighted by Crippen LogP contribution is 2.42. The van der Waals surface area contributed by atoms with E-state index < -0.39 is 12.7 Å². The Kier molecular flexibility index (Phi) is 5.58. The molecule has 0 aliphatic carbocycles. The van der Waals surface area contributed by atoms with E-state index in [9.17, 15) is 13.2 Å². The van der Waals surface area contributed by atoms with E-state index in [1.54, 1.807) is 0 Å². The van der Waals surface area contributed by atoms with Crippen LogP contribution in [-0.4, -0.2) is 36.5 Å². The molecule has 0 atom stereocenters. The van der Waals surface area contributed by atoms with Crippen molar-refractivity contribution in [3.63, 3.8) is 0 Å². The molecule has 29 heavy (non-hydrogen) atoms. The maximum atomic E-state index is 12.8. The lowest BCUT2D eigenvalue weighted by atomic mass is 9.70. The van der Waals surface area contributed by atoms with Gasteiger partial charge in [-0.3, -0.25) is 9.89 Å². The van der Waals surface area contributed by atoms with Crippen molar-refractivity contribution in [1.29, 1.82) is 0 Å². The van der Waals surface area contributed by atoms with Gasteiger partial charge in [-0.2, -0.15) is 13.2 Å². The van der Waals surface area contributed by atoms with E-state index in [2.05, 4.69) is 11.4 Å². The number of alkyl halides is 3. The third-order valence-corrected chi connectivity index (χ3v) is 6.06. The van der Waals surface area contributed by atoms with E-state index in [0.29, 0.717) is 37.5 Å². The Morgan fingerprint density at radius 2 is 1.83 bits per heavy atom. The van der Waals surface area contributed by atoms with Gasteiger partial charge in [0.05, 0.1) is 13.1 Å². The number of nitrogens with one attached hydrogen (secondary N) is 1. The van der Waals surface area contributed by atoms with Crippen molar-refractivity contribution in [2.24, 2.45) is 10.4 Å². The van der Waals surface area contributed by atoms with Crippen molar-refractivity contribution in [3.8, 4) is 0 Å². The van der Waals surface area contributed by atoms with Crippen LogP contribution in [0.3, 0.4) is 0 Å². The first kappa shape index (κ1) is 20.2. The number of hydrogen-bond acceptors (Lipinski definition) is 2. The number of amidine groups is 1. The Balaban J connectivity index is 1.58. The van der Waals surface area contributed by atoms with Crippen molar-refractivity contribution in [1.82, 2.24) is 4.90 Å². The van der Waals surface area contributed by atoms with Crippen LogP contribution in [0.2, 0.25) is 5.02 Å². The molecule has 1 N–H and O–H groups in total.